The molecule has 0 fully saturated rings. The van der Waals surface area contributed by atoms with Crippen molar-refractivity contribution >= 4 is 27.7 Å². The van der Waals surface area contributed by atoms with Crippen molar-refractivity contribution < 1.29 is 4.79 Å². The first-order valence-corrected chi connectivity index (χ1v) is 8.58. The van der Waals surface area contributed by atoms with E-state index < -0.39 is 0 Å². The molecule has 21 heavy (non-hydrogen) atoms. The maximum atomic E-state index is 12.4. The van der Waals surface area contributed by atoms with Gasteiger partial charge in [0, 0.05) is 23.3 Å². The smallest absolute Gasteiger partial charge is 0.255 e. The molecule has 0 spiro atoms. The van der Waals surface area contributed by atoms with E-state index in [1.165, 1.54) is 12.8 Å². The van der Waals surface area contributed by atoms with Crippen LogP contribution in [0.4, 0.5) is 5.82 Å². The Hall–Kier alpha value is -1.10. The van der Waals surface area contributed by atoms with Crippen LogP contribution in [0, 0.1) is 0 Å². The van der Waals surface area contributed by atoms with Crippen molar-refractivity contribution in [3.8, 4) is 0 Å². The van der Waals surface area contributed by atoms with Gasteiger partial charge in [-0.1, -0.05) is 33.1 Å². The standard InChI is InChI=1S/C16H26BrN3O/c1-4-6-7-8-12(3)20-16(21)14-10-13(17)11-19-15(14)18-9-5-2/h10-12H,4-9H2,1-3H3,(H,18,19)(H,20,21). The zero-order chi connectivity index (χ0) is 15.7. The summed E-state index contributed by atoms with van der Waals surface area (Å²) in [4.78, 5) is 16.7. The first-order valence-electron chi connectivity index (χ1n) is 7.78. The molecule has 2 N–H and O–H groups in total. The van der Waals surface area contributed by atoms with E-state index in [1.807, 2.05) is 6.07 Å². The van der Waals surface area contributed by atoms with Crippen LogP contribution in [0.2, 0.25) is 0 Å². The van der Waals surface area contributed by atoms with Crippen LogP contribution in [-0.2, 0) is 0 Å². The lowest BCUT2D eigenvalue weighted by Gasteiger charge is -2.16. The number of unbranched alkanes of at least 4 members (excludes halogenated alkanes) is 2. The predicted octanol–water partition coefficient (Wildman–Crippen LogP) is 4.36. The number of nitrogens with zero attached hydrogens (tertiary/aromatic N) is 1. The number of aromatic nitrogens is 1. The number of carbonyl (C=O) groups is 1. The summed E-state index contributed by atoms with van der Waals surface area (Å²) in [6.07, 6.45) is 7.27. The van der Waals surface area contributed by atoms with Crippen LogP contribution in [0.1, 0.15) is 63.2 Å². The number of pyridine rings is 1. The van der Waals surface area contributed by atoms with Gasteiger partial charge in [-0.2, -0.15) is 0 Å². The molecule has 0 radical (unpaired) electrons. The molecule has 1 rings (SSSR count). The Kier molecular flexibility index (Phi) is 8.35. The van der Waals surface area contributed by atoms with E-state index >= 15 is 0 Å². The van der Waals surface area contributed by atoms with Crippen LogP contribution in [-0.4, -0.2) is 23.5 Å². The number of nitrogens with one attached hydrogen (secondary N) is 2. The summed E-state index contributed by atoms with van der Waals surface area (Å²) in [6.45, 7) is 7.13. The van der Waals surface area contributed by atoms with Gasteiger partial charge in [-0.05, 0) is 41.8 Å². The van der Waals surface area contributed by atoms with Gasteiger partial charge in [0.05, 0.1) is 5.56 Å². The summed E-state index contributed by atoms with van der Waals surface area (Å²) in [5.74, 6) is 0.588. The van der Waals surface area contributed by atoms with Gasteiger partial charge in [-0.3, -0.25) is 4.79 Å². The molecule has 4 nitrogen and oxygen atoms in total. The minimum absolute atomic E-state index is 0.0635. The number of carbonyl (C=O) groups excluding carboxylic acids is 1. The molecule has 0 saturated carbocycles. The van der Waals surface area contributed by atoms with Crippen LogP contribution in [0.25, 0.3) is 0 Å². The fourth-order valence-corrected chi connectivity index (χ4v) is 2.40. The number of rotatable bonds is 9. The first-order chi connectivity index (χ1) is 10.1. The second kappa shape index (κ2) is 9.77. The van der Waals surface area contributed by atoms with E-state index in [0.29, 0.717) is 11.4 Å². The van der Waals surface area contributed by atoms with Crippen molar-refractivity contribution in [1.29, 1.82) is 0 Å². The van der Waals surface area contributed by atoms with Gasteiger partial charge in [-0.15, -0.1) is 0 Å². The van der Waals surface area contributed by atoms with Gasteiger partial charge < -0.3 is 10.6 Å². The molecule has 0 saturated heterocycles. The quantitative estimate of drug-likeness (QED) is 0.646. The van der Waals surface area contributed by atoms with Crippen molar-refractivity contribution in [1.82, 2.24) is 10.3 Å². The molecule has 1 heterocycles. The lowest BCUT2D eigenvalue weighted by Crippen LogP contribution is -2.33. The van der Waals surface area contributed by atoms with Crippen molar-refractivity contribution in [3.63, 3.8) is 0 Å². The minimum Gasteiger partial charge on any atom is -0.369 e. The molecule has 0 aliphatic carbocycles. The summed E-state index contributed by atoms with van der Waals surface area (Å²) < 4.78 is 0.813. The van der Waals surface area contributed by atoms with Gasteiger partial charge in [-0.25, -0.2) is 4.98 Å². The van der Waals surface area contributed by atoms with Crippen LogP contribution < -0.4 is 10.6 Å². The Bertz CT molecular complexity index is 451. The second-order valence-corrected chi connectivity index (χ2v) is 6.26. The molecule has 1 atom stereocenters. The molecule has 1 aromatic heterocycles. The van der Waals surface area contributed by atoms with E-state index in [2.05, 4.69) is 52.3 Å². The van der Waals surface area contributed by atoms with E-state index in [0.717, 1.165) is 30.3 Å². The van der Waals surface area contributed by atoms with Gasteiger partial charge in [0.1, 0.15) is 5.82 Å². The number of hydrogen-bond donors (Lipinski definition) is 2. The Morgan fingerprint density at radius 1 is 1.33 bits per heavy atom. The van der Waals surface area contributed by atoms with Crippen molar-refractivity contribution in [3.05, 3.63) is 22.3 Å². The molecular formula is C16H26BrN3O. The third-order valence-corrected chi connectivity index (χ3v) is 3.69. The minimum atomic E-state index is -0.0635. The Morgan fingerprint density at radius 2 is 2.10 bits per heavy atom. The lowest BCUT2D eigenvalue weighted by atomic mass is 10.1. The number of amides is 1. The van der Waals surface area contributed by atoms with Crippen molar-refractivity contribution in [2.75, 3.05) is 11.9 Å². The third-order valence-electron chi connectivity index (χ3n) is 3.26. The Labute approximate surface area is 136 Å². The highest BCUT2D eigenvalue weighted by atomic mass is 79.9. The van der Waals surface area contributed by atoms with Crippen LogP contribution >= 0.6 is 15.9 Å². The molecule has 118 valence electrons. The highest BCUT2D eigenvalue weighted by Crippen LogP contribution is 2.18. The number of hydrogen-bond acceptors (Lipinski definition) is 3. The monoisotopic (exact) mass is 355 g/mol. The van der Waals surface area contributed by atoms with Gasteiger partial charge in [0.25, 0.3) is 5.91 Å². The maximum Gasteiger partial charge on any atom is 0.255 e. The molecule has 0 bridgehead atoms. The number of anilines is 1. The molecule has 0 aromatic carbocycles. The molecule has 5 heteroatoms. The zero-order valence-corrected chi connectivity index (χ0v) is 14.8. The van der Waals surface area contributed by atoms with E-state index in [-0.39, 0.29) is 11.9 Å². The lowest BCUT2D eigenvalue weighted by molar-refractivity contribution is 0.0938. The predicted molar refractivity (Wildman–Crippen MR) is 91.8 cm³/mol. The molecule has 1 unspecified atom stereocenters. The van der Waals surface area contributed by atoms with E-state index in [1.54, 1.807) is 6.20 Å². The van der Waals surface area contributed by atoms with Crippen LogP contribution in [0.15, 0.2) is 16.7 Å². The molecule has 0 aliphatic heterocycles. The van der Waals surface area contributed by atoms with Crippen LogP contribution in [0.5, 0.6) is 0 Å². The Morgan fingerprint density at radius 3 is 2.76 bits per heavy atom. The van der Waals surface area contributed by atoms with Gasteiger partial charge in [0.2, 0.25) is 0 Å². The molecule has 1 amide bonds. The van der Waals surface area contributed by atoms with Crippen molar-refractivity contribution in [2.45, 2.75) is 58.9 Å². The fourth-order valence-electron chi connectivity index (χ4n) is 2.07. The Balaban J connectivity index is 2.69. The van der Waals surface area contributed by atoms with Crippen molar-refractivity contribution in [2.24, 2.45) is 0 Å². The molecule has 0 aliphatic rings. The number of halogens is 1. The second-order valence-electron chi connectivity index (χ2n) is 5.35. The SMILES string of the molecule is CCCCCC(C)NC(=O)c1cc(Br)cnc1NCCC. The van der Waals surface area contributed by atoms with Gasteiger partial charge >= 0.3 is 0 Å². The van der Waals surface area contributed by atoms with Gasteiger partial charge in [0.15, 0.2) is 0 Å². The fraction of sp³-hybridized carbons (Fsp3) is 0.625. The van der Waals surface area contributed by atoms with E-state index in [4.69, 9.17) is 0 Å². The summed E-state index contributed by atoms with van der Waals surface area (Å²) in [7, 11) is 0. The van der Waals surface area contributed by atoms with E-state index in [9.17, 15) is 4.79 Å². The summed E-state index contributed by atoms with van der Waals surface area (Å²) >= 11 is 3.38. The first kappa shape index (κ1) is 18.0. The normalized spacial score (nSPS) is 12.0. The molecule has 1 aromatic rings. The summed E-state index contributed by atoms with van der Waals surface area (Å²) in [5, 5.41) is 6.26. The molecular weight excluding hydrogens is 330 g/mol. The van der Waals surface area contributed by atoms with Crippen LogP contribution in [0.3, 0.4) is 0 Å². The average molecular weight is 356 g/mol. The zero-order valence-electron chi connectivity index (χ0n) is 13.2. The largest absolute Gasteiger partial charge is 0.369 e. The topological polar surface area (TPSA) is 54.0 Å². The highest BCUT2D eigenvalue weighted by Gasteiger charge is 2.15. The summed E-state index contributed by atoms with van der Waals surface area (Å²) in [5.41, 5.74) is 0.597. The third kappa shape index (κ3) is 6.46. The average Bonchev–Trinajstić information content (AvgIpc) is 2.46. The maximum absolute atomic E-state index is 12.4. The highest BCUT2D eigenvalue weighted by molar-refractivity contribution is 9.10. The summed E-state index contributed by atoms with van der Waals surface area (Å²) in [6, 6.07) is 2.00.